The number of methoxy groups -OCH3 is 1. The summed E-state index contributed by atoms with van der Waals surface area (Å²) in [5, 5.41) is 11.6. The highest BCUT2D eigenvalue weighted by Crippen LogP contribution is 2.39. The summed E-state index contributed by atoms with van der Waals surface area (Å²) in [4.78, 5) is 14.9. The molecule has 1 saturated heterocycles. The molecule has 5 rings (SSSR count). The Morgan fingerprint density at radius 2 is 1.89 bits per heavy atom. The SMILES string of the molecule is CCN1CCC(Oc2c(C#N)ncc3[nH]c4ncc(-c5ccc(C(C)(C)C)c(OC)c5)cc4c23)CC1. The molecule has 0 unspecified atom stereocenters. The molecule has 4 heterocycles. The van der Waals surface area contributed by atoms with Gasteiger partial charge in [0, 0.05) is 30.2 Å². The molecule has 1 fully saturated rings. The first-order valence-corrected chi connectivity index (χ1v) is 12.6. The second kappa shape index (κ2) is 9.44. The third-order valence-corrected chi connectivity index (χ3v) is 7.16. The van der Waals surface area contributed by atoms with E-state index in [1.165, 1.54) is 0 Å². The molecule has 4 aromatic rings. The lowest BCUT2D eigenvalue weighted by molar-refractivity contribution is 0.104. The molecule has 1 aliphatic rings. The zero-order valence-corrected chi connectivity index (χ0v) is 21.7. The molecule has 3 aromatic heterocycles. The first-order chi connectivity index (χ1) is 17.3. The zero-order chi connectivity index (χ0) is 25.4. The van der Waals surface area contributed by atoms with Crippen LogP contribution in [-0.2, 0) is 5.41 Å². The van der Waals surface area contributed by atoms with Crippen LogP contribution in [0, 0.1) is 11.3 Å². The van der Waals surface area contributed by atoms with Crippen molar-refractivity contribution in [3.63, 3.8) is 0 Å². The number of nitrogens with zero attached hydrogens (tertiary/aromatic N) is 4. The number of H-pyrrole nitrogens is 1. The molecule has 7 nitrogen and oxygen atoms in total. The van der Waals surface area contributed by atoms with Crippen molar-refractivity contribution in [3.8, 4) is 28.7 Å². The van der Waals surface area contributed by atoms with Gasteiger partial charge in [-0.2, -0.15) is 5.26 Å². The Labute approximate surface area is 212 Å². The van der Waals surface area contributed by atoms with Gasteiger partial charge in [0.25, 0.3) is 0 Å². The van der Waals surface area contributed by atoms with E-state index in [2.05, 4.69) is 72.9 Å². The summed E-state index contributed by atoms with van der Waals surface area (Å²) in [7, 11) is 1.71. The van der Waals surface area contributed by atoms with Crippen LogP contribution in [0.4, 0.5) is 0 Å². The quantitative estimate of drug-likeness (QED) is 0.385. The van der Waals surface area contributed by atoms with Crippen LogP contribution in [0.5, 0.6) is 11.5 Å². The van der Waals surface area contributed by atoms with E-state index in [1.807, 2.05) is 6.20 Å². The predicted octanol–water partition coefficient (Wildman–Crippen LogP) is 5.82. The molecule has 1 aromatic carbocycles. The summed E-state index contributed by atoms with van der Waals surface area (Å²) in [6, 6.07) is 10.7. The van der Waals surface area contributed by atoms with Gasteiger partial charge in [-0.05, 0) is 48.1 Å². The van der Waals surface area contributed by atoms with Crippen molar-refractivity contribution >= 4 is 21.9 Å². The van der Waals surface area contributed by atoms with E-state index in [0.717, 1.165) is 76.9 Å². The largest absolute Gasteiger partial charge is 0.496 e. The Morgan fingerprint density at radius 3 is 2.56 bits per heavy atom. The minimum atomic E-state index is -0.0247. The molecular weight excluding hydrogens is 450 g/mol. The molecule has 0 amide bonds. The number of piperidine rings is 1. The summed E-state index contributed by atoms with van der Waals surface area (Å²) in [6.45, 7) is 11.8. The van der Waals surface area contributed by atoms with Gasteiger partial charge in [0.1, 0.15) is 23.6 Å². The molecule has 0 radical (unpaired) electrons. The molecule has 186 valence electrons. The Hall–Kier alpha value is -3.63. The fourth-order valence-electron chi connectivity index (χ4n) is 5.09. The molecule has 0 bridgehead atoms. The van der Waals surface area contributed by atoms with E-state index < -0.39 is 0 Å². The summed E-state index contributed by atoms with van der Waals surface area (Å²) in [6.07, 6.45) is 5.48. The van der Waals surface area contributed by atoms with Crippen molar-refractivity contribution in [3.05, 3.63) is 47.9 Å². The number of nitriles is 1. The van der Waals surface area contributed by atoms with Gasteiger partial charge in [-0.3, -0.25) is 0 Å². The van der Waals surface area contributed by atoms with Gasteiger partial charge in [0.15, 0.2) is 11.4 Å². The average molecular weight is 484 g/mol. The number of aromatic amines is 1. The number of hydrogen-bond donors (Lipinski definition) is 1. The number of benzene rings is 1. The lowest BCUT2D eigenvalue weighted by Gasteiger charge is -2.31. The van der Waals surface area contributed by atoms with Crippen molar-refractivity contribution in [1.29, 1.82) is 5.26 Å². The topological polar surface area (TPSA) is 87.1 Å². The minimum absolute atomic E-state index is 0.0247. The van der Waals surface area contributed by atoms with Crippen LogP contribution in [-0.4, -0.2) is 52.7 Å². The Balaban J connectivity index is 1.60. The standard InChI is InChI=1S/C29H33N5O2/c1-6-34-11-9-20(10-12-34)36-27-23(15-30)31-17-24-26(27)21-13-19(16-32-28(21)33-24)18-7-8-22(29(2,3)4)25(14-18)35-5/h7-8,13-14,16-17,20H,6,9-12H2,1-5H3,(H,32,33). The first-order valence-electron chi connectivity index (χ1n) is 12.6. The average Bonchev–Trinajstić information content (AvgIpc) is 3.26. The minimum Gasteiger partial charge on any atom is -0.496 e. The zero-order valence-electron chi connectivity index (χ0n) is 21.7. The van der Waals surface area contributed by atoms with E-state index in [-0.39, 0.29) is 11.5 Å². The van der Waals surface area contributed by atoms with E-state index in [4.69, 9.17) is 14.5 Å². The summed E-state index contributed by atoms with van der Waals surface area (Å²) >= 11 is 0. The van der Waals surface area contributed by atoms with Gasteiger partial charge in [0.2, 0.25) is 0 Å². The molecule has 0 spiro atoms. The normalized spacial score (nSPS) is 15.3. The van der Waals surface area contributed by atoms with Crippen LogP contribution < -0.4 is 9.47 Å². The molecule has 36 heavy (non-hydrogen) atoms. The summed E-state index contributed by atoms with van der Waals surface area (Å²) in [5.74, 6) is 1.41. The van der Waals surface area contributed by atoms with Crippen LogP contribution >= 0.6 is 0 Å². The second-order valence-electron chi connectivity index (χ2n) is 10.5. The molecule has 1 aliphatic heterocycles. The number of hydrogen-bond acceptors (Lipinski definition) is 6. The van der Waals surface area contributed by atoms with Gasteiger partial charge >= 0.3 is 0 Å². The molecule has 0 saturated carbocycles. The number of pyridine rings is 2. The van der Waals surface area contributed by atoms with Crippen molar-refractivity contribution in [2.45, 2.75) is 52.1 Å². The molecule has 0 aliphatic carbocycles. The fourth-order valence-corrected chi connectivity index (χ4v) is 5.09. The Kier molecular flexibility index (Phi) is 6.31. The van der Waals surface area contributed by atoms with Crippen LogP contribution in [0.3, 0.4) is 0 Å². The van der Waals surface area contributed by atoms with Gasteiger partial charge < -0.3 is 19.4 Å². The van der Waals surface area contributed by atoms with Gasteiger partial charge in [-0.15, -0.1) is 0 Å². The van der Waals surface area contributed by atoms with E-state index >= 15 is 0 Å². The maximum absolute atomic E-state index is 9.84. The highest BCUT2D eigenvalue weighted by atomic mass is 16.5. The smallest absolute Gasteiger partial charge is 0.183 e. The van der Waals surface area contributed by atoms with Gasteiger partial charge in [0.05, 0.1) is 24.2 Å². The number of ether oxygens (including phenoxy) is 2. The van der Waals surface area contributed by atoms with Crippen LogP contribution in [0.15, 0.2) is 36.7 Å². The number of likely N-dealkylation sites (tertiary alicyclic amines) is 1. The summed E-state index contributed by atoms with van der Waals surface area (Å²) < 4.78 is 12.2. The highest BCUT2D eigenvalue weighted by molar-refractivity contribution is 6.10. The van der Waals surface area contributed by atoms with Gasteiger partial charge in [-0.25, -0.2) is 9.97 Å². The second-order valence-corrected chi connectivity index (χ2v) is 10.5. The predicted molar refractivity (Wildman–Crippen MR) is 143 cm³/mol. The Morgan fingerprint density at radius 1 is 1.11 bits per heavy atom. The number of rotatable bonds is 5. The van der Waals surface area contributed by atoms with Crippen LogP contribution in [0.1, 0.15) is 51.8 Å². The third kappa shape index (κ3) is 4.38. The fraction of sp³-hybridized carbons (Fsp3) is 0.414. The Bertz CT molecular complexity index is 1450. The highest BCUT2D eigenvalue weighted by Gasteiger charge is 2.24. The van der Waals surface area contributed by atoms with Crippen molar-refractivity contribution in [2.75, 3.05) is 26.7 Å². The van der Waals surface area contributed by atoms with Crippen molar-refractivity contribution in [1.82, 2.24) is 19.9 Å². The first kappa shape index (κ1) is 24.1. The summed E-state index contributed by atoms with van der Waals surface area (Å²) in [5.41, 5.74) is 4.99. The molecule has 0 atom stereocenters. The van der Waals surface area contributed by atoms with E-state index in [0.29, 0.717) is 11.4 Å². The monoisotopic (exact) mass is 483 g/mol. The van der Waals surface area contributed by atoms with Crippen molar-refractivity contribution < 1.29 is 9.47 Å². The number of nitrogens with one attached hydrogen (secondary N) is 1. The number of aromatic nitrogens is 3. The van der Waals surface area contributed by atoms with Crippen LogP contribution in [0.25, 0.3) is 33.1 Å². The maximum Gasteiger partial charge on any atom is 0.183 e. The maximum atomic E-state index is 9.84. The lowest BCUT2D eigenvalue weighted by Crippen LogP contribution is -2.38. The third-order valence-electron chi connectivity index (χ3n) is 7.16. The molecule has 7 heteroatoms. The number of fused-ring (bicyclic) bond motifs is 3. The van der Waals surface area contributed by atoms with Gasteiger partial charge in [-0.1, -0.05) is 39.8 Å². The van der Waals surface area contributed by atoms with Crippen LogP contribution in [0.2, 0.25) is 0 Å². The molecule has 1 N–H and O–H groups in total. The van der Waals surface area contributed by atoms with E-state index in [9.17, 15) is 5.26 Å². The van der Waals surface area contributed by atoms with Crippen molar-refractivity contribution in [2.24, 2.45) is 0 Å². The molecular formula is C29H33N5O2. The lowest BCUT2D eigenvalue weighted by atomic mass is 9.85. The van der Waals surface area contributed by atoms with E-state index in [1.54, 1.807) is 13.3 Å².